The van der Waals surface area contributed by atoms with Crippen LogP contribution >= 0.6 is 23.1 Å². The van der Waals surface area contributed by atoms with Crippen LogP contribution < -0.4 is 10.3 Å². The van der Waals surface area contributed by atoms with Crippen molar-refractivity contribution in [2.45, 2.75) is 38.4 Å². The average molecular weight is 446 g/mol. The number of ether oxygens (including phenoxy) is 1. The molecule has 1 aromatic carbocycles. The van der Waals surface area contributed by atoms with Crippen LogP contribution in [0.3, 0.4) is 0 Å². The molecule has 0 radical (unpaired) electrons. The number of hydrogen-bond acceptors (Lipinski definition) is 6. The molecule has 0 aliphatic heterocycles. The van der Waals surface area contributed by atoms with E-state index >= 15 is 0 Å². The van der Waals surface area contributed by atoms with Crippen LogP contribution in [0.1, 0.15) is 32.3 Å². The van der Waals surface area contributed by atoms with Crippen molar-refractivity contribution in [2.24, 2.45) is 0 Å². The van der Waals surface area contributed by atoms with Gasteiger partial charge in [0.25, 0.3) is 5.56 Å². The number of carbonyl (C=O) groups excluding carboxylic acids is 1. The van der Waals surface area contributed by atoms with Crippen molar-refractivity contribution in [3.63, 3.8) is 0 Å². The van der Waals surface area contributed by atoms with E-state index in [1.54, 1.807) is 11.7 Å². The summed E-state index contributed by atoms with van der Waals surface area (Å²) in [5, 5.41) is 2.44. The summed E-state index contributed by atoms with van der Waals surface area (Å²) in [6.07, 6.45) is 1.85. The first kappa shape index (κ1) is 22.4. The Morgan fingerprint density at radius 1 is 1.23 bits per heavy atom. The number of thioether (sulfide) groups is 1. The van der Waals surface area contributed by atoms with E-state index in [4.69, 9.17) is 9.72 Å². The van der Waals surface area contributed by atoms with Gasteiger partial charge in [-0.15, -0.1) is 11.3 Å². The van der Waals surface area contributed by atoms with Crippen molar-refractivity contribution >= 4 is 39.2 Å². The van der Waals surface area contributed by atoms with E-state index < -0.39 is 0 Å². The molecule has 8 heteroatoms. The van der Waals surface area contributed by atoms with Crippen LogP contribution in [-0.4, -0.2) is 46.3 Å². The SMILES string of the molecule is CCCN(CCC)C(=O)CSc1nc2ccsc2c(=O)n1Cc1cccc(OC)c1. The van der Waals surface area contributed by atoms with E-state index in [2.05, 4.69) is 13.8 Å². The Hall–Kier alpha value is -2.32. The van der Waals surface area contributed by atoms with Gasteiger partial charge in [-0.2, -0.15) is 0 Å². The minimum atomic E-state index is -0.0771. The van der Waals surface area contributed by atoms with Gasteiger partial charge in [-0.05, 0) is 42.0 Å². The first-order chi connectivity index (χ1) is 14.6. The molecule has 3 aromatic rings. The van der Waals surface area contributed by atoms with E-state index in [9.17, 15) is 9.59 Å². The van der Waals surface area contributed by atoms with Crippen LogP contribution in [-0.2, 0) is 11.3 Å². The number of aromatic nitrogens is 2. The van der Waals surface area contributed by atoms with Gasteiger partial charge in [-0.3, -0.25) is 14.2 Å². The lowest BCUT2D eigenvalue weighted by Gasteiger charge is -2.21. The van der Waals surface area contributed by atoms with Gasteiger partial charge in [-0.25, -0.2) is 4.98 Å². The highest BCUT2D eigenvalue weighted by Crippen LogP contribution is 2.23. The van der Waals surface area contributed by atoms with Crippen LogP contribution in [0, 0.1) is 0 Å². The van der Waals surface area contributed by atoms with Crippen LogP contribution in [0.5, 0.6) is 5.75 Å². The normalized spacial score (nSPS) is 11.0. The number of rotatable bonds is 10. The van der Waals surface area contributed by atoms with Gasteiger partial charge < -0.3 is 9.64 Å². The minimum absolute atomic E-state index is 0.0771. The molecule has 3 rings (SSSR count). The second-order valence-electron chi connectivity index (χ2n) is 6.94. The van der Waals surface area contributed by atoms with Crippen LogP contribution in [0.2, 0.25) is 0 Å². The smallest absolute Gasteiger partial charge is 0.272 e. The second kappa shape index (κ2) is 10.6. The van der Waals surface area contributed by atoms with E-state index in [0.717, 1.165) is 37.2 Å². The molecule has 0 unspecified atom stereocenters. The quantitative estimate of drug-likeness (QED) is 0.345. The maximum atomic E-state index is 13.1. The van der Waals surface area contributed by atoms with Gasteiger partial charge in [0, 0.05) is 13.1 Å². The zero-order valence-corrected chi connectivity index (χ0v) is 19.2. The van der Waals surface area contributed by atoms with Crippen molar-refractivity contribution in [1.29, 1.82) is 0 Å². The Labute approximate surface area is 184 Å². The number of carbonyl (C=O) groups is 1. The maximum Gasteiger partial charge on any atom is 0.272 e. The summed E-state index contributed by atoms with van der Waals surface area (Å²) in [7, 11) is 1.62. The summed E-state index contributed by atoms with van der Waals surface area (Å²) in [5.74, 6) is 1.08. The molecular weight excluding hydrogens is 418 g/mol. The summed E-state index contributed by atoms with van der Waals surface area (Å²) < 4.78 is 7.60. The average Bonchev–Trinajstić information content (AvgIpc) is 3.23. The molecule has 2 heterocycles. The van der Waals surface area contributed by atoms with Crippen LogP contribution in [0.4, 0.5) is 0 Å². The van der Waals surface area contributed by atoms with Crippen molar-refractivity contribution in [1.82, 2.24) is 14.5 Å². The summed E-state index contributed by atoms with van der Waals surface area (Å²) in [6.45, 7) is 6.02. The lowest BCUT2D eigenvalue weighted by atomic mass is 10.2. The monoisotopic (exact) mass is 445 g/mol. The number of benzene rings is 1. The lowest BCUT2D eigenvalue weighted by Crippen LogP contribution is -2.34. The van der Waals surface area contributed by atoms with Gasteiger partial charge in [0.1, 0.15) is 10.4 Å². The van der Waals surface area contributed by atoms with Crippen molar-refractivity contribution in [2.75, 3.05) is 26.0 Å². The highest BCUT2D eigenvalue weighted by molar-refractivity contribution is 7.99. The molecule has 0 saturated carbocycles. The fourth-order valence-electron chi connectivity index (χ4n) is 3.25. The second-order valence-corrected chi connectivity index (χ2v) is 8.80. The molecule has 0 bridgehead atoms. The van der Waals surface area contributed by atoms with Gasteiger partial charge >= 0.3 is 0 Å². The Balaban J connectivity index is 1.90. The highest BCUT2D eigenvalue weighted by atomic mass is 32.2. The Morgan fingerprint density at radius 2 is 2.00 bits per heavy atom. The van der Waals surface area contributed by atoms with Crippen molar-refractivity contribution in [3.05, 3.63) is 51.6 Å². The summed E-state index contributed by atoms with van der Waals surface area (Å²) >= 11 is 2.72. The Morgan fingerprint density at radius 3 is 2.70 bits per heavy atom. The molecule has 0 fully saturated rings. The van der Waals surface area contributed by atoms with Gasteiger partial charge in [-0.1, -0.05) is 37.7 Å². The van der Waals surface area contributed by atoms with Gasteiger partial charge in [0.2, 0.25) is 5.91 Å². The standard InChI is InChI=1S/C22H27N3O3S2/c1-4-10-24(11-5-2)19(26)15-30-22-23-18-9-12-29-20(18)21(27)25(22)14-16-7-6-8-17(13-16)28-3/h6-9,12-13H,4-5,10-11,14-15H2,1-3H3. The highest BCUT2D eigenvalue weighted by Gasteiger charge is 2.17. The molecule has 0 atom stereocenters. The molecule has 0 aliphatic rings. The zero-order valence-electron chi connectivity index (χ0n) is 17.6. The number of nitrogens with zero attached hydrogens (tertiary/aromatic N) is 3. The van der Waals surface area contributed by atoms with Crippen molar-refractivity contribution < 1.29 is 9.53 Å². The molecule has 160 valence electrons. The lowest BCUT2D eigenvalue weighted by molar-refractivity contribution is -0.128. The summed E-state index contributed by atoms with van der Waals surface area (Å²) in [4.78, 5) is 32.5. The molecule has 1 amide bonds. The van der Waals surface area contributed by atoms with Crippen LogP contribution in [0.25, 0.3) is 10.2 Å². The van der Waals surface area contributed by atoms with E-state index in [1.165, 1.54) is 23.1 Å². The molecule has 0 N–H and O–H groups in total. The first-order valence-corrected chi connectivity index (χ1v) is 11.9. The zero-order chi connectivity index (χ0) is 21.5. The van der Waals surface area contributed by atoms with Crippen molar-refractivity contribution in [3.8, 4) is 5.75 Å². The van der Waals surface area contributed by atoms with Gasteiger partial charge in [0.05, 0.1) is 24.9 Å². The first-order valence-electron chi connectivity index (χ1n) is 10.1. The Bertz CT molecular complexity index is 1060. The fraction of sp³-hybridized carbons (Fsp3) is 0.409. The molecule has 30 heavy (non-hydrogen) atoms. The molecule has 0 spiro atoms. The van der Waals surface area contributed by atoms with Crippen LogP contribution in [0.15, 0.2) is 45.7 Å². The number of thiophene rings is 1. The number of fused-ring (bicyclic) bond motifs is 1. The molecule has 6 nitrogen and oxygen atoms in total. The predicted molar refractivity (Wildman–Crippen MR) is 124 cm³/mol. The molecular formula is C22H27N3O3S2. The number of hydrogen-bond donors (Lipinski definition) is 0. The third-order valence-electron chi connectivity index (χ3n) is 4.67. The number of amides is 1. The van der Waals surface area contributed by atoms with E-state index in [-0.39, 0.29) is 17.2 Å². The third kappa shape index (κ3) is 5.23. The molecule has 0 aliphatic carbocycles. The predicted octanol–water partition coefficient (Wildman–Crippen LogP) is 4.26. The van der Waals surface area contributed by atoms with E-state index in [1.807, 2.05) is 40.6 Å². The molecule has 0 saturated heterocycles. The van der Waals surface area contributed by atoms with Gasteiger partial charge in [0.15, 0.2) is 5.16 Å². The fourth-order valence-corrected chi connectivity index (χ4v) is 4.92. The third-order valence-corrected chi connectivity index (χ3v) is 6.52. The Kier molecular flexibility index (Phi) is 7.93. The minimum Gasteiger partial charge on any atom is -0.497 e. The maximum absolute atomic E-state index is 13.1. The summed E-state index contributed by atoms with van der Waals surface area (Å²) in [5.41, 5.74) is 1.55. The number of methoxy groups -OCH3 is 1. The molecule has 2 aromatic heterocycles. The largest absolute Gasteiger partial charge is 0.497 e. The topological polar surface area (TPSA) is 64.4 Å². The summed E-state index contributed by atoms with van der Waals surface area (Å²) in [6, 6.07) is 9.49. The van der Waals surface area contributed by atoms with E-state index in [0.29, 0.717) is 21.9 Å².